The normalized spacial score (nSPS) is 23.1. The summed E-state index contributed by atoms with van der Waals surface area (Å²) in [4.78, 5) is 11.0. The van der Waals surface area contributed by atoms with Crippen LogP contribution in [0.4, 0.5) is 10.2 Å². The number of anilines is 1. The Labute approximate surface area is 150 Å². The molecular formula is C19H30FN5. The summed E-state index contributed by atoms with van der Waals surface area (Å²) in [6.45, 7) is 7.69. The van der Waals surface area contributed by atoms with E-state index in [2.05, 4.69) is 29.5 Å². The number of guanidine groups is 1. The van der Waals surface area contributed by atoms with Gasteiger partial charge in [-0.3, -0.25) is 4.99 Å². The van der Waals surface area contributed by atoms with E-state index < -0.39 is 0 Å². The highest BCUT2D eigenvalue weighted by atomic mass is 19.1. The van der Waals surface area contributed by atoms with E-state index in [0.29, 0.717) is 11.2 Å². The maximum Gasteiger partial charge on any atom is 0.191 e. The van der Waals surface area contributed by atoms with Gasteiger partial charge in [0.15, 0.2) is 17.6 Å². The third kappa shape index (κ3) is 4.61. The summed E-state index contributed by atoms with van der Waals surface area (Å²) in [6, 6.07) is 3.36. The van der Waals surface area contributed by atoms with Crippen LogP contribution in [0.2, 0.25) is 0 Å². The monoisotopic (exact) mass is 347 g/mol. The lowest BCUT2D eigenvalue weighted by atomic mass is 9.89. The van der Waals surface area contributed by atoms with E-state index in [4.69, 9.17) is 4.99 Å². The van der Waals surface area contributed by atoms with Crippen molar-refractivity contribution in [1.82, 2.24) is 15.6 Å². The number of hydrogen-bond donors (Lipinski definition) is 2. The van der Waals surface area contributed by atoms with Crippen molar-refractivity contribution < 1.29 is 4.39 Å². The van der Waals surface area contributed by atoms with E-state index in [0.717, 1.165) is 38.6 Å². The largest absolute Gasteiger partial charge is 0.357 e. The molecule has 0 spiro atoms. The summed E-state index contributed by atoms with van der Waals surface area (Å²) in [5.41, 5.74) is 0.348. The van der Waals surface area contributed by atoms with Crippen LogP contribution in [0.15, 0.2) is 23.3 Å². The van der Waals surface area contributed by atoms with Gasteiger partial charge in [0.2, 0.25) is 0 Å². The van der Waals surface area contributed by atoms with Crippen molar-refractivity contribution in [2.75, 3.05) is 31.1 Å². The molecule has 1 aliphatic carbocycles. The van der Waals surface area contributed by atoms with Gasteiger partial charge in [0.05, 0.1) is 0 Å². The molecule has 6 heteroatoms. The SMILES string of the molecule is CCNC(=NCC1(C)CCCC1)NC1CCN(c2ncccc2F)C1. The van der Waals surface area contributed by atoms with Crippen molar-refractivity contribution in [3.63, 3.8) is 0 Å². The smallest absolute Gasteiger partial charge is 0.191 e. The highest BCUT2D eigenvalue weighted by molar-refractivity contribution is 5.80. The summed E-state index contributed by atoms with van der Waals surface area (Å²) < 4.78 is 13.9. The van der Waals surface area contributed by atoms with Crippen LogP contribution in [0, 0.1) is 11.2 Å². The Morgan fingerprint density at radius 1 is 1.44 bits per heavy atom. The molecule has 25 heavy (non-hydrogen) atoms. The summed E-state index contributed by atoms with van der Waals surface area (Å²) in [7, 11) is 0. The molecule has 0 amide bonds. The lowest BCUT2D eigenvalue weighted by Gasteiger charge is -2.23. The predicted octanol–water partition coefficient (Wildman–Crippen LogP) is 2.93. The van der Waals surface area contributed by atoms with Gasteiger partial charge in [0, 0.05) is 38.4 Å². The molecule has 0 aromatic carbocycles. The highest BCUT2D eigenvalue weighted by Gasteiger charge is 2.29. The Morgan fingerprint density at radius 2 is 2.24 bits per heavy atom. The van der Waals surface area contributed by atoms with Crippen molar-refractivity contribution in [3.05, 3.63) is 24.1 Å². The van der Waals surface area contributed by atoms with Crippen LogP contribution in [-0.4, -0.2) is 43.2 Å². The summed E-state index contributed by atoms with van der Waals surface area (Å²) in [6.07, 6.45) is 7.79. The molecule has 1 aliphatic heterocycles. The second kappa shape index (κ2) is 8.02. The van der Waals surface area contributed by atoms with Gasteiger partial charge in [-0.05, 0) is 43.7 Å². The minimum atomic E-state index is -0.252. The fourth-order valence-corrected chi connectivity index (χ4v) is 3.85. The van der Waals surface area contributed by atoms with Crippen molar-refractivity contribution in [2.24, 2.45) is 10.4 Å². The fraction of sp³-hybridized carbons (Fsp3) is 0.684. The number of rotatable bonds is 5. The summed E-state index contributed by atoms with van der Waals surface area (Å²) in [5, 5.41) is 6.87. The van der Waals surface area contributed by atoms with Gasteiger partial charge in [-0.2, -0.15) is 0 Å². The Bertz CT molecular complexity index is 597. The molecule has 2 fully saturated rings. The average molecular weight is 347 g/mol. The zero-order valence-corrected chi connectivity index (χ0v) is 15.4. The zero-order valence-electron chi connectivity index (χ0n) is 15.4. The lowest BCUT2D eigenvalue weighted by Crippen LogP contribution is -2.45. The molecule has 1 atom stereocenters. The number of aromatic nitrogens is 1. The Hall–Kier alpha value is -1.85. The van der Waals surface area contributed by atoms with Gasteiger partial charge in [-0.1, -0.05) is 19.8 Å². The Morgan fingerprint density at radius 3 is 2.96 bits per heavy atom. The van der Waals surface area contributed by atoms with E-state index in [1.165, 1.54) is 31.7 Å². The zero-order chi connectivity index (χ0) is 17.7. The molecule has 5 nitrogen and oxygen atoms in total. The minimum absolute atomic E-state index is 0.252. The number of nitrogens with zero attached hydrogens (tertiary/aromatic N) is 3. The molecule has 1 aromatic heterocycles. The van der Waals surface area contributed by atoms with Crippen LogP contribution in [-0.2, 0) is 0 Å². The van der Waals surface area contributed by atoms with Gasteiger partial charge in [0.1, 0.15) is 0 Å². The molecule has 3 rings (SSSR count). The number of hydrogen-bond acceptors (Lipinski definition) is 3. The van der Waals surface area contributed by atoms with Crippen LogP contribution < -0.4 is 15.5 Å². The highest BCUT2D eigenvalue weighted by Crippen LogP contribution is 2.37. The van der Waals surface area contributed by atoms with Crippen LogP contribution in [0.3, 0.4) is 0 Å². The number of halogens is 1. The third-order valence-corrected chi connectivity index (χ3v) is 5.34. The first kappa shape index (κ1) is 18.0. The van der Waals surface area contributed by atoms with E-state index in [1.54, 1.807) is 12.3 Å². The first-order valence-corrected chi connectivity index (χ1v) is 9.50. The van der Waals surface area contributed by atoms with Crippen molar-refractivity contribution in [1.29, 1.82) is 0 Å². The number of aliphatic imine (C=N–C) groups is 1. The van der Waals surface area contributed by atoms with Crippen molar-refractivity contribution >= 4 is 11.8 Å². The van der Waals surface area contributed by atoms with Crippen LogP contribution in [0.25, 0.3) is 0 Å². The molecule has 0 radical (unpaired) electrons. The average Bonchev–Trinajstić information content (AvgIpc) is 3.23. The summed E-state index contributed by atoms with van der Waals surface area (Å²) in [5.74, 6) is 1.08. The van der Waals surface area contributed by atoms with Crippen molar-refractivity contribution in [3.8, 4) is 0 Å². The second-order valence-corrected chi connectivity index (χ2v) is 7.60. The van der Waals surface area contributed by atoms with Crippen molar-refractivity contribution in [2.45, 2.75) is 52.0 Å². The molecule has 1 aromatic rings. The summed E-state index contributed by atoms with van der Waals surface area (Å²) >= 11 is 0. The minimum Gasteiger partial charge on any atom is -0.357 e. The predicted molar refractivity (Wildman–Crippen MR) is 101 cm³/mol. The molecule has 2 heterocycles. The molecule has 2 aliphatic rings. The van der Waals surface area contributed by atoms with Gasteiger partial charge >= 0.3 is 0 Å². The Balaban J connectivity index is 1.58. The standard InChI is InChI=1S/C19H30FN5/c1-3-21-18(23-14-19(2)9-4-5-10-19)24-15-8-12-25(13-15)17-16(20)7-6-11-22-17/h6-7,11,15H,3-5,8-10,12-14H2,1-2H3,(H2,21,23,24). The van der Waals surface area contributed by atoms with Gasteiger partial charge in [-0.25, -0.2) is 9.37 Å². The van der Waals surface area contributed by atoms with E-state index in [1.807, 2.05) is 4.90 Å². The number of pyridine rings is 1. The topological polar surface area (TPSA) is 52.6 Å². The van der Waals surface area contributed by atoms with Crippen LogP contribution in [0.1, 0.15) is 46.0 Å². The number of nitrogens with one attached hydrogen (secondary N) is 2. The molecule has 1 saturated carbocycles. The van der Waals surface area contributed by atoms with E-state index in [-0.39, 0.29) is 11.9 Å². The van der Waals surface area contributed by atoms with E-state index in [9.17, 15) is 4.39 Å². The maximum absolute atomic E-state index is 13.9. The van der Waals surface area contributed by atoms with Gasteiger partial charge in [-0.15, -0.1) is 0 Å². The lowest BCUT2D eigenvalue weighted by molar-refractivity contribution is 0.350. The molecule has 1 unspecified atom stereocenters. The molecular weight excluding hydrogens is 317 g/mol. The van der Waals surface area contributed by atoms with Crippen LogP contribution in [0.5, 0.6) is 0 Å². The first-order chi connectivity index (χ1) is 12.1. The molecule has 138 valence electrons. The van der Waals surface area contributed by atoms with Gasteiger partial charge < -0.3 is 15.5 Å². The third-order valence-electron chi connectivity index (χ3n) is 5.34. The van der Waals surface area contributed by atoms with Crippen LogP contribution >= 0.6 is 0 Å². The quantitative estimate of drug-likeness (QED) is 0.635. The molecule has 2 N–H and O–H groups in total. The fourth-order valence-electron chi connectivity index (χ4n) is 3.85. The first-order valence-electron chi connectivity index (χ1n) is 9.50. The van der Waals surface area contributed by atoms with E-state index >= 15 is 0 Å². The van der Waals surface area contributed by atoms with Gasteiger partial charge in [0.25, 0.3) is 0 Å². The molecule has 0 bridgehead atoms. The maximum atomic E-state index is 13.9. The second-order valence-electron chi connectivity index (χ2n) is 7.60. The molecule has 1 saturated heterocycles. The Kier molecular flexibility index (Phi) is 5.76.